The first-order chi connectivity index (χ1) is 10.4. The van der Waals surface area contributed by atoms with Gasteiger partial charge in [0.05, 0.1) is 4.90 Å². The number of sulfonamides is 1. The van der Waals surface area contributed by atoms with E-state index in [1.807, 2.05) is 19.1 Å². The second-order valence-corrected chi connectivity index (χ2v) is 8.28. The minimum atomic E-state index is -3.39. The van der Waals surface area contributed by atoms with E-state index in [0.29, 0.717) is 23.4 Å². The molecule has 1 atom stereocenters. The number of hydrogen-bond donors (Lipinski definition) is 1. The summed E-state index contributed by atoms with van der Waals surface area (Å²) in [5.41, 5.74) is 0.790. The van der Waals surface area contributed by atoms with E-state index in [1.165, 1.54) is 19.4 Å². The number of aryl methyl sites for hydroxylation is 1. The summed E-state index contributed by atoms with van der Waals surface area (Å²) < 4.78 is 27.5. The van der Waals surface area contributed by atoms with Crippen molar-refractivity contribution in [3.63, 3.8) is 0 Å². The normalized spacial score (nSPS) is 20.5. The van der Waals surface area contributed by atoms with Gasteiger partial charge in [0.25, 0.3) is 0 Å². The standard InChI is InChI=1S/C17H28N2O2S/c1-14(2)19-12-6-8-16(13-19)10-11-18-22(20,21)17-9-5-4-7-15(17)3/h4-5,7,9,14,16,18H,6,8,10-13H2,1-3H3. The van der Waals surface area contributed by atoms with Crippen molar-refractivity contribution in [1.82, 2.24) is 9.62 Å². The van der Waals surface area contributed by atoms with Gasteiger partial charge in [0.2, 0.25) is 10.0 Å². The number of likely N-dealkylation sites (tertiary alicyclic amines) is 1. The maximum Gasteiger partial charge on any atom is 0.240 e. The van der Waals surface area contributed by atoms with Crippen LogP contribution in [-0.4, -0.2) is 39.0 Å². The molecule has 0 saturated carbocycles. The quantitative estimate of drug-likeness (QED) is 0.875. The third-order valence-corrected chi connectivity index (χ3v) is 6.13. The van der Waals surface area contributed by atoms with Crippen LogP contribution in [0, 0.1) is 12.8 Å². The fourth-order valence-corrected chi connectivity index (χ4v) is 4.43. The lowest BCUT2D eigenvalue weighted by atomic mass is 9.94. The molecule has 0 spiro atoms. The molecular formula is C17H28N2O2S. The van der Waals surface area contributed by atoms with E-state index in [0.717, 1.165) is 18.5 Å². The molecule has 0 aromatic heterocycles. The van der Waals surface area contributed by atoms with E-state index in [1.54, 1.807) is 12.1 Å². The molecule has 0 radical (unpaired) electrons. The number of piperidine rings is 1. The lowest BCUT2D eigenvalue weighted by Gasteiger charge is -2.35. The van der Waals surface area contributed by atoms with E-state index in [2.05, 4.69) is 23.5 Å². The van der Waals surface area contributed by atoms with Gasteiger partial charge in [0.15, 0.2) is 0 Å². The van der Waals surface area contributed by atoms with Gasteiger partial charge in [-0.15, -0.1) is 0 Å². The van der Waals surface area contributed by atoms with Crippen molar-refractivity contribution in [2.24, 2.45) is 5.92 Å². The van der Waals surface area contributed by atoms with Gasteiger partial charge in [-0.05, 0) is 64.1 Å². The van der Waals surface area contributed by atoms with Crippen LogP contribution >= 0.6 is 0 Å². The minimum Gasteiger partial charge on any atom is -0.301 e. The number of benzene rings is 1. The molecule has 0 aliphatic carbocycles. The summed E-state index contributed by atoms with van der Waals surface area (Å²) >= 11 is 0. The summed E-state index contributed by atoms with van der Waals surface area (Å²) in [5.74, 6) is 0.593. The number of hydrogen-bond acceptors (Lipinski definition) is 3. The first-order valence-corrected chi connectivity index (χ1v) is 9.68. The minimum absolute atomic E-state index is 0.391. The lowest BCUT2D eigenvalue weighted by Crippen LogP contribution is -2.40. The molecule has 1 N–H and O–H groups in total. The van der Waals surface area contributed by atoms with Crippen molar-refractivity contribution < 1.29 is 8.42 Å². The van der Waals surface area contributed by atoms with Gasteiger partial charge in [-0.2, -0.15) is 0 Å². The zero-order valence-corrected chi connectivity index (χ0v) is 14.7. The highest BCUT2D eigenvalue weighted by molar-refractivity contribution is 7.89. The van der Waals surface area contributed by atoms with Crippen LogP contribution in [0.4, 0.5) is 0 Å². The van der Waals surface area contributed by atoms with Gasteiger partial charge in [-0.1, -0.05) is 18.2 Å². The molecule has 1 aromatic rings. The smallest absolute Gasteiger partial charge is 0.240 e. The number of nitrogens with zero attached hydrogens (tertiary/aromatic N) is 1. The molecule has 124 valence electrons. The van der Waals surface area contributed by atoms with Crippen LogP contribution in [-0.2, 0) is 10.0 Å². The van der Waals surface area contributed by atoms with Gasteiger partial charge in [-0.25, -0.2) is 13.1 Å². The van der Waals surface area contributed by atoms with Crippen LogP contribution in [0.25, 0.3) is 0 Å². The third kappa shape index (κ3) is 4.54. The average Bonchev–Trinajstić information content (AvgIpc) is 2.47. The van der Waals surface area contributed by atoms with Crippen LogP contribution in [0.15, 0.2) is 29.2 Å². The van der Waals surface area contributed by atoms with Gasteiger partial charge >= 0.3 is 0 Å². The van der Waals surface area contributed by atoms with Crippen LogP contribution in [0.1, 0.15) is 38.7 Å². The van der Waals surface area contributed by atoms with Gasteiger partial charge in [-0.3, -0.25) is 0 Å². The molecule has 1 saturated heterocycles. The first kappa shape index (κ1) is 17.4. The molecule has 1 unspecified atom stereocenters. The van der Waals surface area contributed by atoms with Crippen LogP contribution in [0.3, 0.4) is 0 Å². The Balaban J connectivity index is 1.87. The third-order valence-electron chi connectivity index (χ3n) is 4.51. The van der Waals surface area contributed by atoms with E-state index in [9.17, 15) is 8.42 Å². The summed E-state index contributed by atoms with van der Waals surface area (Å²) in [5, 5.41) is 0. The molecule has 1 aliphatic rings. The van der Waals surface area contributed by atoms with Crippen molar-refractivity contribution in [3.05, 3.63) is 29.8 Å². The highest BCUT2D eigenvalue weighted by Gasteiger charge is 2.22. The van der Waals surface area contributed by atoms with E-state index in [4.69, 9.17) is 0 Å². The van der Waals surface area contributed by atoms with Crippen molar-refractivity contribution >= 4 is 10.0 Å². The summed E-state index contributed by atoms with van der Waals surface area (Å²) in [6, 6.07) is 7.70. The molecule has 1 fully saturated rings. The van der Waals surface area contributed by atoms with Crippen LogP contribution in [0.2, 0.25) is 0 Å². The molecular weight excluding hydrogens is 296 g/mol. The first-order valence-electron chi connectivity index (χ1n) is 8.19. The summed E-state index contributed by atoms with van der Waals surface area (Å²) in [7, 11) is -3.39. The lowest BCUT2D eigenvalue weighted by molar-refractivity contribution is 0.136. The van der Waals surface area contributed by atoms with Crippen molar-refractivity contribution in [3.8, 4) is 0 Å². The molecule has 2 rings (SSSR count). The predicted octanol–water partition coefficient (Wildman–Crippen LogP) is 2.78. The maximum atomic E-state index is 12.3. The van der Waals surface area contributed by atoms with Gasteiger partial charge < -0.3 is 4.90 Å². The molecule has 22 heavy (non-hydrogen) atoms. The van der Waals surface area contributed by atoms with Crippen molar-refractivity contribution in [1.29, 1.82) is 0 Å². The molecule has 5 heteroatoms. The number of nitrogens with one attached hydrogen (secondary N) is 1. The Kier molecular flexibility index (Phi) is 6.01. The van der Waals surface area contributed by atoms with Crippen molar-refractivity contribution in [2.75, 3.05) is 19.6 Å². The Morgan fingerprint density at radius 2 is 2.05 bits per heavy atom. The largest absolute Gasteiger partial charge is 0.301 e. The molecule has 0 amide bonds. The highest BCUT2D eigenvalue weighted by atomic mass is 32.2. The average molecular weight is 324 g/mol. The van der Waals surface area contributed by atoms with Gasteiger partial charge in [0.1, 0.15) is 0 Å². The Bertz CT molecular complexity index is 584. The molecule has 0 bridgehead atoms. The van der Waals surface area contributed by atoms with E-state index in [-0.39, 0.29) is 0 Å². The zero-order valence-electron chi connectivity index (χ0n) is 13.9. The second-order valence-electron chi connectivity index (χ2n) is 6.55. The molecule has 4 nitrogen and oxygen atoms in total. The van der Waals surface area contributed by atoms with Crippen molar-refractivity contribution in [2.45, 2.75) is 51.0 Å². The predicted molar refractivity (Wildman–Crippen MR) is 90.4 cm³/mol. The van der Waals surface area contributed by atoms with E-state index >= 15 is 0 Å². The highest BCUT2D eigenvalue weighted by Crippen LogP contribution is 2.21. The molecule has 1 aromatic carbocycles. The molecule has 1 heterocycles. The summed E-state index contributed by atoms with van der Waals surface area (Å²) in [6.45, 7) is 9.06. The van der Waals surface area contributed by atoms with E-state index < -0.39 is 10.0 Å². The van der Waals surface area contributed by atoms with Crippen LogP contribution < -0.4 is 4.72 Å². The second kappa shape index (κ2) is 7.57. The SMILES string of the molecule is Cc1ccccc1S(=O)(=O)NCCC1CCCN(C(C)C)C1. The monoisotopic (exact) mass is 324 g/mol. The Morgan fingerprint density at radius 1 is 1.32 bits per heavy atom. The summed E-state index contributed by atoms with van der Waals surface area (Å²) in [6.07, 6.45) is 3.33. The topological polar surface area (TPSA) is 49.4 Å². The molecule has 1 aliphatic heterocycles. The zero-order chi connectivity index (χ0) is 16.2. The van der Waals surface area contributed by atoms with Crippen LogP contribution in [0.5, 0.6) is 0 Å². The Hall–Kier alpha value is -0.910. The maximum absolute atomic E-state index is 12.3. The van der Waals surface area contributed by atoms with Gasteiger partial charge in [0, 0.05) is 19.1 Å². The Labute approximate surface area is 135 Å². The number of rotatable bonds is 6. The summed E-state index contributed by atoms with van der Waals surface area (Å²) in [4.78, 5) is 2.88. The Morgan fingerprint density at radius 3 is 2.73 bits per heavy atom. The fourth-order valence-electron chi connectivity index (χ4n) is 3.14. The fraction of sp³-hybridized carbons (Fsp3) is 0.647.